The summed E-state index contributed by atoms with van der Waals surface area (Å²) in [6.45, 7) is 1.51. The van der Waals surface area contributed by atoms with E-state index in [2.05, 4.69) is 0 Å². The van der Waals surface area contributed by atoms with Crippen molar-refractivity contribution in [2.24, 2.45) is 5.92 Å². The van der Waals surface area contributed by atoms with Gasteiger partial charge in [0.1, 0.15) is 12.9 Å². The Morgan fingerprint density at radius 3 is 2.68 bits per heavy atom. The van der Waals surface area contributed by atoms with Gasteiger partial charge in [-0.3, -0.25) is 4.79 Å². The largest absolute Gasteiger partial charge is 0.376 e. The number of nitrogens with zero attached hydrogens (tertiary/aromatic N) is 1. The molecule has 0 aromatic carbocycles. The van der Waals surface area contributed by atoms with Crippen molar-refractivity contribution in [3.63, 3.8) is 0 Å². The Bertz CT molecular complexity index is 392. The van der Waals surface area contributed by atoms with Crippen molar-refractivity contribution in [3.8, 4) is 0 Å². The molecular weight excluding hydrogens is 282 g/mol. The zero-order chi connectivity index (χ0) is 15.4. The number of morpholine rings is 1. The molecule has 0 spiro atoms. The second-order valence-corrected chi connectivity index (χ2v) is 6.83. The molecule has 2 aliphatic carbocycles. The van der Waals surface area contributed by atoms with Crippen molar-refractivity contribution < 1.29 is 19.1 Å². The monoisotopic (exact) mass is 309 g/mol. The fourth-order valence-corrected chi connectivity index (χ4v) is 4.07. The smallest absolute Gasteiger partial charge is 0.249 e. The van der Waals surface area contributed by atoms with Crippen LogP contribution in [0.25, 0.3) is 0 Å². The summed E-state index contributed by atoms with van der Waals surface area (Å²) in [6.07, 6.45) is 9.90. The molecule has 1 aliphatic heterocycles. The van der Waals surface area contributed by atoms with Crippen molar-refractivity contribution in [1.29, 1.82) is 0 Å². The Morgan fingerprint density at radius 2 is 1.91 bits per heavy atom. The molecule has 1 heterocycles. The standard InChI is InChI=1S/C17H27NO4/c19-11-13-5-7-14(8-6-13)21-10-9-18-15-3-1-2-4-16(15)22-12-17(18)20/h11,13-16H,1-10,12H2. The summed E-state index contributed by atoms with van der Waals surface area (Å²) >= 11 is 0. The quantitative estimate of drug-likeness (QED) is 0.728. The molecule has 2 saturated carbocycles. The molecule has 2 atom stereocenters. The fourth-order valence-electron chi connectivity index (χ4n) is 4.07. The number of aldehydes is 1. The Kier molecular flexibility index (Phi) is 5.47. The van der Waals surface area contributed by atoms with Gasteiger partial charge in [0.15, 0.2) is 0 Å². The van der Waals surface area contributed by atoms with Crippen molar-refractivity contribution in [2.45, 2.75) is 69.6 Å². The Balaban J connectivity index is 1.44. The molecular formula is C17H27NO4. The van der Waals surface area contributed by atoms with E-state index in [1.807, 2.05) is 4.90 Å². The zero-order valence-corrected chi connectivity index (χ0v) is 13.2. The fraction of sp³-hybridized carbons (Fsp3) is 0.882. The number of hydrogen-bond donors (Lipinski definition) is 0. The zero-order valence-electron chi connectivity index (χ0n) is 13.2. The first-order valence-corrected chi connectivity index (χ1v) is 8.76. The van der Waals surface area contributed by atoms with Crippen molar-refractivity contribution in [3.05, 3.63) is 0 Å². The molecule has 5 heteroatoms. The molecule has 1 amide bonds. The summed E-state index contributed by atoms with van der Waals surface area (Å²) in [4.78, 5) is 24.9. The third-order valence-electron chi connectivity index (χ3n) is 5.41. The molecule has 1 saturated heterocycles. The lowest BCUT2D eigenvalue weighted by Crippen LogP contribution is -2.56. The topological polar surface area (TPSA) is 55.8 Å². The van der Waals surface area contributed by atoms with Gasteiger partial charge in [-0.1, -0.05) is 12.8 Å². The van der Waals surface area contributed by atoms with E-state index in [1.54, 1.807) is 0 Å². The minimum atomic E-state index is 0.108. The van der Waals surface area contributed by atoms with Gasteiger partial charge in [-0.2, -0.15) is 0 Å². The predicted octanol–water partition coefficient (Wildman–Crippen LogP) is 1.93. The van der Waals surface area contributed by atoms with E-state index in [1.165, 1.54) is 12.8 Å². The van der Waals surface area contributed by atoms with E-state index in [4.69, 9.17) is 9.47 Å². The highest BCUT2D eigenvalue weighted by Gasteiger charge is 2.37. The molecule has 0 aromatic heterocycles. The van der Waals surface area contributed by atoms with Crippen LogP contribution in [-0.4, -0.2) is 55.1 Å². The summed E-state index contributed by atoms with van der Waals surface area (Å²) in [5.41, 5.74) is 0. The summed E-state index contributed by atoms with van der Waals surface area (Å²) in [5, 5.41) is 0. The van der Waals surface area contributed by atoms with Gasteiger partial charge in [-0.25, -0.2) is 0 Å². The van der Waals surface area contributed by atoms with E-state index in [-0.39, 0.29) is 36.7 Å². The van der Waals surface area contributed by atoms with Crippen LogP contribution in [0.4, 0.5) is 0 Å². The van der Waals surface area contributed by atoms with E-state index < -0.39 is 0 Å². The van der Waals surface area contributed by atoms with Crippen LogP contribution < -0.4 is 0 Å². The average Bonchev–Trinajstić information content (AvgIpc) is 2.57. The molecule has 0 radical (unpaired) electrons. The molecule has 124 valence electrons. The van der Waals surface area contributed by atoms with E-state index in [9.17, 15) is 9.59 Å². The molecule has 0 bridgehead atoms. The third-order valence-corrected chi connectivity index (χ3v) is 5.41. The van der Waals surface area contributed by atoms with Crippen LogP contribution >= 0.6 is 0 Å². The number of carbonyl (C=O) groups excluding carboxylic acids is 2. The van der Waals surface area contributed by atoms with E-state index in [0.717, 1.165) is 44.8 Å². The maximum Gasteiger partial charge on any atom is 0.249 e. The summed E-state index contributed by atoms with van der Waals surface area (Å²) < 4.78 is 11.6. The van der Waals surface area contributed by atoms with Gasteiger partial charge < -0.3 is 19.2 Å². The normalized spacial score (nSPS) is 36.0. The van der Waals surface area contributed by atoms with Crippen LogP contribution in [0.3, 0.4) is 0 Å². The van der Waals surface area contributed by atoms with Crippen molar-refractivity contribution >= 4 is 12.2 Å². The summed E-state index contributed by atoms with van der Waals surface area (Å²) in [6, 6.07) is 0.254. The Hall–Kier alpha value is -0.940. The lowest BCUT2D eigenvalue weighted by molar-refractivity contribution is -0.162. The highest BCUT2D eigenvalue weighted by atomic mass is 16.5. The molecule has 2 unspecified atom stereocenters. The highest BCUT2D eigenvalue weighted by Crippen LogP contribution is 2.29. The van der Waals surface area contributed by atoms with Gasteiger partial charge in [-0.15, -0.1) is 0 Å². The van der Waals surface area contributed by atoms with Gasteiger partial charge in [0.2, 0.25) is 5.91 Å². The van der Waals surface area contributed by atoms with Crippen LogP contribution in [-0.2, 0) is 19.1 Å². The van der Waals surface area contributed by atoms with Crippen LogP contribution in [0.1, 0.15) is 51.4 Å². The van der Waals surface area contributed by atoms with Crippen LogP contribution in [0, 0.1) is 5.92 Å². The molecule has 5 nitrogen and oxygen atoms in total. The average molecular weight is 309 g/mol. The minimum absolute atomic E-state index is 0.108. The molecule has 0 N–H and O–H groups in total. The SMILES string of the molecule is O=CC1CCC(OCCN2C(=O)COC3CCCCC32)CC1. The van der Waals surface area contributed by atoms with Crippen LogP contribution in [0.2, 0.25) is 0 Å². The highest BCUT2D eigenvalue weighted by molar-refractivity contribution is 5.78. The maximum atomic E-state index is 12.1. The number of fused-ring (bicyclic) bond motifs is 1. The number of carbonyl (C=O) groups is 2. The number of hydrogen-bond acceptors (Lipinski definition) is 4. The molecule has 0 aromatic rings. The lowest BCUT2D eigenvalue weighted by atomic mass is 9.88. The van der Waals surface area contributed by atoms with Gasteiger partial charge in [0.25, 0.3) is 0 Å². The molecule has 3 aliphatic rings. The Labute approximate surface area is 132 Å². The minimum Gasteiger partial charge on any atom is -0.376 e. The van der Waals surface area contributed by atoms with Gasteiger partial charge in [0, 0.05) is 12.5 Å². The molecule has 22 heavy (non-hydrogen) atoms. The van der Waals surface area contributed by atoms with Gasteiger partial charge in [0.05, 0.1) is 24.9 Å². The summed E-state index contributed by atoms with van der Waals surface area (Å²) in [7, 11) is 0. The van der Waals surface area contributed by atoms with Crippen molar-refractivity contribution in [2.75, 3.05) is 19.8 Å². The second kappa shape index (κ2) is 7.55. The van der Waals surface area contributed by atoms with Crippen LogP contribution in [0.15, 0.2) is 0 Å². The number of amides is 1. The van der Waals surface area contributed by atoms with Gasteiger partial charge in [-0.05, 0) is 38.5 Å². The van der Waals surface area contributed by atoms with Crippen LogP contribution in [0.5, 0.6) is 0 Å². The third kappa shape index (κ3) is 3.69. The molecule has 3 fully saturated rings. The molecule has 3 rings (SSSR count). The Morgan fingerprint density at radius 1 is 1.14 bits per heavy atom. The lowest BCUT2D eigenvalue weighted by Gasteiger charge is -2.43. The first-order chi connectivity index (χ1) is 10.8. The maximum absolute atomic E-state index is 12.1. The second-order valence-electron chi connectivity index (χ2n) is 6.83. The predicted molar refractivity (Wildman–Crippen MR) is 81.5 cm³/mol. The first kappa shape index (κ1) is 15.9. The van der Waals surface area contributed by atoms with E-state index >= 15 is 0 Å². The first-order valence-electron chi connectivity index (χ1n) is 8.76. The summed E-state index contributed by atoms with van der Waals surface area (Å²) in [5.74, 6) is 0.333. The number of ether oxygens (including phenoxy) is 2. The van der Waals surface area contributed by atoms with E-state index in [0.29, 0.717) is 13.2 Å². The number of rotatable bonds is 5. The van der Waals surface area contributed by atoms with Gasteiger partial charge >= 0.3 is 0 Å². The van der Waals surface area contributed by atoms with Crippen molar-refractivity contribution in [1.82, 2.24) is 4.90 Å².